The predicted molar refractivity (Wildman–Crippen MR) is 110 cm³/mol. The van der Waals surface area contributed by atoms with Crippen molar-refractivity contribution in [1.82, 2.24) is 14.5 Å². The van der Waals surface area contributed by atoms with Crippen molar-refractivity contribution in [1.29, 1.82) is 0 Å². The maximum Gasteiger partial charge on any atom is 0.329 e. The third-order valence-electron chi connectivity index (χ3n) is 4.20. The molecule has 2 aromatic heterocycles. The third kappa shape index (κ3) is 4.40. The molecule has 1 aromatic carbocycles. The summed E-state index contributed by atoms with van der Waals surface area (Å²) in [4.78, 5) is 26.0. The number of thiophene rings is 1. The zero-order valence-electron chi connectivity index (χ0n) is 14.8. The molecule has 3 rings (SSSR count). The van der Waals surface area contributed by atoms with Crippen LogP contribution < -0.4 is 11.0 Å². The predicted octanol–water partition coefficient (Wildman–Crippen LogP) is 3.32. The van der Waals surface area contributed by atoms with Gasteiger partial charge in [0.15, 0.2) is 0 Å². The molecule has 3 aromatic rings. The molecular formula is C19H23N3O2S2. The van der Waals surface area contributed by atoms with E-state index in [2.05, 4.69) is 22.8 Å². The monoisotopic (exact) mass is 389 g/mol. The minimum Gasteiger partial charge on any atom is -0.355 e. The molecule has 0 saturated carbocycles. The summed E-state index contributed by atoms with van der Waals surface area (Å²) in [5.41, 5.74) is 1.76. The fourth-order valence-electron chi connectivity index (χ4n) is 2.93. The highest BCUT2D eigenvalue weighted by molar-refractivity contribution is 7.98. The average Bonchev–Trinajstić information content (AvgIpc) is 3.25. The van der Waals surface area contributed by atoms with Crippen molar-refractivity contribution in [3.8, 4) is 0 Å². The summed E-state index contributed by atoms with van der Waals surface area (Å²) in [6.45, 7) is 3.64. The maximum atomic E-state index is 12.5. The van der Waals surface area contributed by atoms with E-state index in [9.17, 15) is 9.59 Å². The van der Waals surface area contributed by atoms with E-state index < -0.39 is 0 Å². The van der Waals surface area contributed by atoms with E-state index in [-0.39, 0.29) is 11.6 Å². The van der Waals surface area contributed by atoms with E-state index in [1.54, 1.807) is 20.5 Å². The quantitative estimate of drug-likeness (QED) is 0.571. The van der Waals surface area contributed by atoms with E-state index in [1.807, 2.05) is 43.0 Å². The number of rotatable bonds is 9. The number of aryl methyl sites for hydroxylation is 2. The van der Waals surface area contributed by atoms with Crippen LogP contribution in [0.15, 0.2) is 46.6 Å². The molecule has 0 aliphatic heterocycles. The minimum atomic E-state index is -0.0481. The number of hydrogen-bond acceptors (Lipinski definition) is 4. The van der Waals surface area contributed by atoms with E-state index in [1.165, 1.54) is 4.88 Å². The van der Waals surface area contributed by atoms with E-state index in [4.69, 9.17) is 0 Å². The summed E-state index contributed by atoms with van der Waals surface area (Å²) >= 11 is 3.57. The first-order chi connectivity index (χ1) is 12.7. The average molecular weight is 390 g/mol. The van der Waals surface area contributed by atoms with Crippen LogP contribution in [-0.4, -0.2) is 27.3 Å². The van der Waals surface area contributed by atoms with E-state index in [0.29, 0.717) is 26.1 Å². The van der Waals surface area contributed by atoms with Gasteiger partial charge in [-0.2, -0.15) is 11.8 Å². The Morgan fingerprint density at radius 1 is 1.15 bits per heavy atom. The fourth-order valence-corrected chi connectivity index (χ4v) is 4.63. The zero-order valence-corrected chi connectivity index (χ0v) is 16.4. The molecule has 0 fully saturated rings. The number of nitrogens with one attached hydrogen (secondary N) is 1. The number of hydrogen-bond donors (Lipinski definition) is 1. The highest BCUT2D eigenvalue weighted by Crippen LogP contribution is 2.16. The standard InChI is InChI=1S/C19H23N3O2S2/c1-2-21-16-7-3-4-8-17(16)22(19(21)24)11-9-18(23)20-10-13-25-14-15-6-5-12-26-15/h3-8,12H,2,9-11,13-14H2,1H3,(H,20,23). The number of carbonyl (C=O) groups is 1. The van der Waals surface area contributed by atoms with Crippen molar-refractivity contribution in [2.24, 2.45) is 0 Å². The highest BCUT2D eigenvalue weighted by atomic mass is 32.2. The summed E-state index contributed by atoms with van der Waals surface area (Å²) in [6, 6.07) is 11.9. The van der Waals surface area contributed by atoms with Gasteiger partial charge in [-0.05, 0) is 30.5 Å². The van der Waals surface area contributed by atoms with Crippen molar-refractivity contribution < 1.29 is 4.79 Å². The lowest BCUT2D eigenvalue weighted by Crippen LogP contribution is -2.29. The molecule has 2 heterocycles. The molecule has 26 heavy (non-hydrogen) atoms. The Morgan fingerprint density at radius 3 is 2.62 bits per heavy atom. The van der Waals surface area contributed by atoms with Gasteiger partial charge in [-0.15, -0.1) is 11.3 Å². The number of nitrogens with zero attached hydrogens (tertiary/aromatic N) is 2. The Morgan fingerprint density at radius 2 is 1.92 bits per heavy atom. The number of aromatic nitrogens is 2. The first-order valence-corrected chi connectivity index (χ1v) is 10.8. The van der Waals surface area contributed by atoms with Gasteiger partial charge >= 0.3 is 5.69 Å². The largest absolute Gasteiger partial charge is 0.355 e. The van der Waals surface area contributed by atoms with Gasteiger partial charge in [0.1, 0.15) is 0 Å². The Labute approximate surface area is 161 Å². The molecule has 0 bridgehead atoms. The van der Waals surface area contributed by atoms with Crippen molar-refractivity contribution >= 4 is 40.0 Å². The van der Waals surface area contributed by atoms with Gasteiger partial charge < -0.3 is 5.32 Å². The van der Waals surface area contributed by atoms with Gasteiger partial charge in [-0.3, -0.25) is 13.9 Å². The first-order valence-electron chi connectivity index (χ1n) is 8.75. The second kappa shape index (κ2) is 9.09. The van der Waals surface area contributed by atoms with Gasteiger partial charge in [0, 0.05) is 42.4 Å². The van der Waals surface area contributed by atoms with Crippen LogP contribution in [0.3, 0.4) is 0 Å². The molecule has 1 amide bonds. The summed E-state index contributed by atoms with van der Waals surface area (Å²) in [5, 5.41) is 5.02. The molecular weight excluding hydrogens is 366 g/mol. The van der Waals surface area contributed by atoms with Crippen molar-refractivity contribution in [3.63, 3.8) is 0 Å². The van der Waals surface area contributed by atoms with Gasteiger partial charge in [-0.25, -0.2) is 4.79 Å². The van der Waals surface area contributed by atoms with Gasteiger partial charge in [0.05, 0.1) is 11.0 Å². The summed E-state index contributed by atoms with van der Waals surface area (Å²) < 4.78 is 3.44. The Balaban J connectivity index is 1.48. The number of para-hydroxylation sites is 2. The van der Waals surface area contributed by atoms with Gasteiger partial charge in [0.25, 0.3) is 0 Å². The summed E-state index contributed by atoms with van der Waals surface area (Å²) in [6.07, 6.45) is 0.313. The maximum absolute atomic E-state index is 12.5. The van der Waals surface area contributed by atoms with Crippen LogP contribution >= 0.6 is 23.1 Å². The zero-order chi connectivity index (χ0) is 18.4. The fraction of sp³-hybridized carbons (Fsp3) is 0.368. The number of amides is 1. The smallest absolute Gasteiger partial charge is 0.329 e. The van der Waals surface area contributed by atoms with E-state index in [0.717, 1.165) is 22.5 Å². The lowest BCUT2D eigenvalue weighted by Gasteiger charge is -2.06. The molecule has 0 unspecified atom stereocenters. The Bertz CT molecular complexity index is 913. The van der Waals surface area contributed by atoms with Gasteiger partial charge in [0.2, 0.25) is 5.91 Å². The second-order valence-corrected chi connectivity index (χ2v) is 8.04. The van der Waals surface area contributed by atoms with Crippen LogP contribution in [0.4, 0.5) is 0 Å². The molecule has 0 atom stereocenters. The lowest BCUT2D eigenvalue weighted by atomic mass is 10.3. The summed E-state index contributed by atoms with van der Waals surface area (Å²) in [5.74, 6) is 1.86. The van der Waals surface area contributed by atoms with Crippen LogP contribution in [-0.2, 0) is 23.6 Å². The molecule has 0 saturated heterocycles. The van der Waals surface area contributed by atoms with Gasteiger partial charge in [-0.1, -0.05) is 18.2 Å². The number of carbonyl (C=O) groups excluding carboxylic acids is 1. The number of fused-ring (bicyclic) bond motifs is 1. The molecule has 0 aliphatic rings. The van der Waals surface area contributed by atoms with Crippen molar-refractivity contribution in [3.05, 3.63) is 57.1 Å². The van der Waals surface area contributed by atoms with Crippen LogP contribution in [0.5, 0.6) is 0 Å². The number of imidazole rings is 1. The molecule has 0 radical (unpaired) electrons. The van der Waals surface area contributed by atoms with Crippen molar-refractivity contribution in [2.75, 3.05) is 12.3 Å². The normalized spacial score (nSPS) is 11.1. The molecule has 0 spiro atoms. The van der Waals surface area contributed by atoms with Crippen LogP contribution in [0.2, 0.25) is 0 Å². The van der Waals surface area contributed by atoms with Crippen molar-refractivity contribution in [2.45, 2.75) is 32.2 Å². The highest BCUT2D eigenvalue weighted by Gasteiger charge is 2.12. The first kappa shape index (κ1) is 18.8. The molecule has 138 valence electrons. The SMILES string of the molecule is CCn1c(=O)n(CCC(=O)NCCSCc2cccs2)c2ccccc21. The van der Waals surface area contributed by atoms with Crippen LogP contribution in [0, 0.1) is 0 Å². The Hall–Kier alpha value is -1.99. The van der Waals surface area contributed by atoms with E-state index >= 15 is 0 Å². The topological polar surface area (TPSA) is 56.0 Å². The molecule has 7 heteroatoms. The number of thioether (sulfide) groups is 1. The molecule has 1 N–H and O–H groups in total. The second-order valence-electron chi connectivity index (χ2n) is 5.90. The summed E-state index contributed by atoms with van der Waals surface area (Å²) in [7, 11) is 0. The Kier molecular flexibility index (Phi) is 6.57. The van der Waals surface area contributed by atoms with Crippen LogP contribution in [0.25, 0.3) is 11.0 Å². The van der Waals surface area contributed by atoms with Crippen LogP contribution in [0.1, 0.15) is 18.2 Å². The molecule has 5 nitrogen and oxygen atoms in total. The number of benzene rings is 1. The third-order valence-corrected chi connectivity index (χ3v) is 6.26. The minimum absolute atomic E-state index is 0.0121. The lowest BCUT2D eigenvalue weighted by molar-refractivity contribution is -0.121. The molecule has 0 aliphatic carbocycles.